The van der Waals surface area contributed by atoms with Crippen molar-refractivity contribution in [1.82, 2.24) is 4.98 Å². The Morgan fingerprint density at radius 2 is 1.50 bits per heavy atom. The normalized spacial score (nSPS) is 12.2. The molecule has 0 N–H and O–H groups in total. The van der Waals surface area contributed by atoms with Crippen LogP contribution in [-0.4, -0.2) is 17.7 Å². The van der Waals surface area contributed by atoms with Crippen LogP contribution >= 0.6 is 0 Å². The second-order valence-corrected chi connectivity index (χ2v) is 8.96. The summed E-state index contributed by atoms with van der Waals surface area (Å²) in [6.45, 7) is 9.11. The highest BCUT2D eigenvalue weighted by Gasteiger charge is 2.03. The summed E-state index contributed by atoms with van der Waals surface area (Å²) < 4.78 is 5.87. The molecule has 34 heavy (non-hydrogen) atoms. The summed E-state index contributed by atoms with van der Waals surface area (Å²) >= 11 is 0. The lowest BCUT2D eigenvalue weighted by Crippen LogP contribution is -2.08. The average molecular weight is 454 g/mol. The molecule has 0 saturated carbocycles. The molecule has 0 spiro atoms. The molecule has 0 aliphatic heterocycles. The van der Waals surface area contributed by atoms with Crippen molar-refractivity contribution in [2.24, 2.45) is 0 Å². The molecule has 178 valence electrons. The Labute approximate surface area is 206 Å². The zero-order valence-corrected chi connectivity index (χ0v) is 20.9. The monoisotopic (exact) mass is 453 g/mol. The van der Waals surface area contributed by atoms with E-state index in [4.69, 9.17) is 4.74 Å². The van der Waals surface area contributed by atoms with Gasteiger partial charge in [0.15, 0.2) is 0 Å². The van der Waals surface area contributed by atoms with Crippen LogP contribution in [0.4, 0.5) is 0 Å². The fourth-order valence-electron chi connectivity index (χ4n) is 3.98. The van der Waals surface area contributed by atoms with Crippen LogP contribution in [-0.2, 0) is 11.2 Å². The molecule has 1 aromatic heterocycles. The lowest BCUT2D eigenvalue weighted by molar-refractivity contribution is 0.0566. The van der Waals surface area contributed by atoms with E-state index in [0.717, 1.165) is 43.5 Å². The predicted octanol–water partition coefficient (Wildman–Crippen LogP) is 8.92. The molecule has 3 rings (SSSR count). The second kappa shape index (κ2) is 14.3. The highest BCUT2D eigenvalue weighted by atomic mass is 16.5. The van der Waals surface area contributed by atoms with E-state index in [1.807, 2.05) is 12.3 Å². The summed E-state index contributed by atoms with van der Waals surface area (Å²) in [7, 11) is 0. The van der Waals surface area contributed by atoms with Gasteiger partial charge >= 0.3 is 0 Å². The Hall–Kier alpha value is -2.97. The third-order valence-electron chi connectivity index (χ3n) is 6.09. The van der Waals surface area contributed by atoms with E-state index in [0.29, 0.717) is 6.10 Å². The average Bonchev–Trinajstić information content (AvgIpc) is 2.88. The molecule has 0 aliphatic rings. The van der Waals surface area contributed by atoms with Gasteiger partial charge in [-0.2, -0.15) is 0 Å². The molecule has 1 unspecified atom stereocenters. The summed E-state index contributed by atoms with van der Waals surface area (Å²) in [5.74, 6) is 0. The number of aromatic nitrogens is 1. The van der Waals surface area contributed by atoms with Crippen LogP contribution in [0.15, 0.2) is 85.6 Å². The summed E-state index contributed by atoms with van der Waals surface area (Å²) in [6.07, 6.45) is 16.5. The number of pyridine rings is 1. The SMILES string of the molecule is C=CCc1ccc(-c2ccc(-c3ccc(C=CCCCC(C)OCCCCC)nc3)cc2)cc1. The van der Waals surface area contributed by atoms with Gasteiger partial charge in [0.2, 0.25) is 0 Å². The largest absolute Gasteiger partial charge is 0.379 e. The fourth-order valence-corrected chi connectivity index (χ4v) is 3.98. The first-order valence-corrected chi connectivity index (χ1v) is 12.7. The first-order valence-electron chi connectivity index (χ1n) is 12.7. The van der Waals surface area contributed by atoms with Gasteiger partial charge in [-0.05, 0) is 73.4 Å². The van der Waals surface area contributed by atoms with Gasteiger partial charge in [0.1, 0.15) is 0 Å². The Bertz CT molecular complexity index is 1000. The molecule has 2 nitrogen and oxygen atoms in total. The van der Waals surface area contributed by atoms with Crippen LogP contribution in [0.2, 0.25) is 0 Å². The molecule has 0 bridgehead atoms. The Morgan fingerprint density at radius 1 is 0.853 bits per heavy atom. The summed E-state index contributed by atoms with van der Waals surface area (Å²) in [5, 5.41) is 0. The number of hydrogen-bond donors (Lipinski definition) is 0. The molecular weight excluding hydrogens is 414 g/mol. The van der Waals surface area contributed by atoms with Crippen molar-refractivity contribution in [2.45, 2.75) is 64.9 Å². The first kappa shape index (κ1) is 25.6. The maximum Gasteiger partial charge on any atom is 0.0626 e. The minimum Gasteiger partial charge on any atom is -0.379 e. The Balaban J connectivity index is 1.46. The van der Waals surface area contributed by atoms with Crippen LogP contribution in [0, 0.1) is 0 Å². The first-order chi connectivity index (χ1) is 16.7. The fraction of sp³-hybridized carbons (Fsp3) is 0.344. The molecular formula is C32H39NO. The predicted molar refractivity (Wildman–Crippen MR) is 147 cm³/mol. The van der Waals surface area contributed by atoms with Gasteiger partial charge in [-0.15, -0.1) is 6.58 Å². The molecule has 0 aliphatic carbocycles. The van der Waals surface area contributed by atoms with Gasteiger partial charge in [0.05, 0.1) is 11.8 Å². The summed E-state index contributed by atoms with van der Waals surface area (Å²) in [4.78, 5) is 4.63. The Morgan fingerprint density at radius 3 is 2.12 bits per heavy atom. The molecule has 2 aromatic carbocycles. The standard InChI is InChI=1S/C32H39NO/c1-4-6-10-24-34-26(3)12-8-7-9-13-32-23-22-31(25-33-32)30-20-18-29(19-21-30)28-16-14-27(11-5-2)15-17-28/h5,9,13-23,25-26H,2,4,6-8,10-12,24H2,1,3H3. The maximum absolute atomic E-state index is 5.87. The van der Waals surface area contributed by atoms with Crippen molar-refractivity contribution in [3.63, 3.8) is 0 Å². The molecule has 0 radical (unpaired) electrons. The summed E-state index contributed by atoms with van der Waals surface area (Å²) in [6, 6.07) is 21.6. The number of ether oxygens (including phenoxy) is 1. The van der Waals surface area contributed by atoms with Gasteiger partial charge in [-0.25, -0.2) is 0 Å². The number of nitrogens with zero attached hydrogens (tertiary/aromatic N) is 1. The second-order valence-electron chi connectivity index (χ2n) is 8.96. The van der Waals surface area contributed by atoms with Crippen molar-refractivity contribution in [1.29, 1.82) is 0 Å². The van der Waals surface area contributed by atoms with Crippen molar-refractivity contribution in [3.05, 3.63) is 96.8 Å². The van der Waals surface area contributed by atoms with E-state index in [1.54, 1.807) is 0 Å². The third kappa shape index (κ3) is 8.43. The molecule has 0 amide bonds. The zero-order chi connectivity index (χ0) is 24.0. The molecule has 0 saturated heterocycles. The minimum atomic E-state index is 0.352. The number of unbranched alkanes of at least 4 members (excludes halogenated alkanes) is 3. The van der Waals surface area contributed by atoms with Crippen molar-refractivity contribution in [2.75, 3.05) is 6.61 Å². The van der Waals surface area contributed by atoms with Gasteiger partial charge in [-0.1, -0.05) is 86.5 Å². The van der Waals surface area contributed by atoms with E-state index >= 15 is 0 Å². The Kier molecular flexibility index (Phi) is 10.8. The van der Waals surface area contributed by atoms with Crippen molar-refractivity contribution in [3.8, 4) is 22.3 Å². The quantitative estimate of drug-likeness (QED) is 0.179. The molecule has 0 fully saturated rings. The lowest BCUT2D eigenvalue weighted by atomic mass is 10.00. The van der Waals surface area contributed by atoms with Crippen LogP contribution in [0.25, 0.3) is 28.3 Å². The van der Waals surface area contributed by atoms with Crippen molar-refractivity contribution >= 4 is 6.08 Å². The molecule has 2 heteroatoms. The number of rotatable bonds is 14. The van der Waals surface area contributed by atoms with Gasteiger partial charge in [0.25, 0.3) is 0 Å². The molecule has 3 aromatic rings. The number of allylic oxidation sites excluding steroid dienone is 2. The van der Waals surface area contributed by atoms with Gasteiger partial charge < -0.3 is 4.74 Å². The van der Waals surface area contributed by atoms with Crippen LogP contribution in [0.3, 0.4) is 0 Å². The van der Waals surface area contributed by atoms with E-state index in [2.05, 4.69) is 98.2 Å². The van der Waals surface area contributed by atoms with E-state index in [1.165, 1.54) is 41.5 Å². The van der Waals surface area contributed by atoms with Crippen molar-refractivity contribution < 1.29 is 4.74 Å². The smallest absolute Gasteiger partial charge is 0.0626 e. The van der Waals surface area contributed by atoms with Crippen LogP contribution < -0.4 is 0 Å². The topological polar surface area (TPSA) is 22.1 Å². The maximum atomic E-state index is 5.87. The third-order valence-corrected chi connectivity index (χ3v) is 6.09. The minimum absolute atomic E-state index is 0.352. The van der Waals surface area contributed by atoms with Gasteiger partial charge in [0, 0.05) is 18.4 Å². The lowest BCUT2D eigenvalue weighted by Gasteiger charge is -2.11. The number of benzene rings is 2. The van der Waals surface area contributed by atoms with E-state index < -0.39 is 0 Å². The highest BCUT2D eigenvalue weighted by Crippen LogP contribution is 2.25. The number of hydrogen-bond acceptors (Lipinski definition) is 2. The van der Waals surface area contributed by atoms with Crippen LogP contribution in [0.1, 0.15) is 63.6 Å². The van der Waals surface area contributed by atoms with Gasteiger partial charge in [-0.3, -0.25) is 4.98 Å². The highest BCUT2D eigenvalue weighted by molar-refractivity contribution is 5.70. The van der Waals surface area contributed by atoms with E-state index in [9.17, 15) is 0 Å². The summed E-state index contributed by atoms with van der Waals surface area (Å²) in [5.41, 5.74) is 7.07. The van der Waals surface area contributed by atoms with Crippen LogP contribution in [0.5, 0.6) is 0 Å². The molecule has 1 heterocycles. The molecule has 1 atom stereocenters. The zero-order valence-electron chi connectivity index (χ0n) is 20.9. The van der Waals surface area contributed by atoms with E-state index in [-0.39, 0.29) is 0 Å².